The van der Waals surface area contributed by atoms with Crippen LogP contribution in [0.3, 0.4) is 0 Å². The zero-order valence-corrected chi connectivity index (χ0v) is 10.8. The largest absolute Gasteiger partial charge is 0.467 e. The smallest absolute Gasteiger partial charge is 0.254 e. The first-order chi connectivity index (χ1) is 9.29. The molecule has 0 aliphatic rings. The lowest BCUT2D eigenvalue weighted by atomic mass is 10.1. The molecule has 0 radical (unpaired) electrons. The van der Waals surface area contributed by atoms with Crippen LogP contribution in [0.2, 0.25) is 0 Å². The van der Waals surface area contributed by atoms with Gasteiger partial charge in [-0.3, -0.25) is 4.79 Å². The first kappa shape index (κ1) is 13.4. The van der Waals surface area contributed by atoms with Crippen LogP contribution in [-0.4, -0.2) is 12.5 Å². The molecule has 1 amide bonds. The number of aryl methyl sites for hydroxylation is 1. The fraction of sp³-hybridized carbons (Fsp3) is 0.267. The zero-order valence-electron chi connectivity index (χ0n) is 10.8. The molecule has 0 unspecified atom stereocenters. The molecule has 4 nitrogen and oxygen atoms in total. The van der Waals surface area contributed by atoms with Crippen molar-refractivity contribution in [2.24, 2.45) is 5.73 Å². The molecule has 1 aromatic heterocycles. The molecule has 100 valence electrons. The number of furan rings is 1. The normalized spacial score (nSPS) is 10.4. The number of nitrogens with one attached hydrogen (secondary N) is 1. The Kier molecular flexibility index (Phi) is 4.75. The second kappa shape index (κ2) is 6.75. The van der Waals surface area contributed by atoms with E-state index in [1.807, 2.05) is 18.2 Å². The Balaban J connectivity index is 1.72. The van der Waals surface area contributed by atoms with Crippen LogP contribution < -0.4 is 11.1 Å². The molecule has 1 heterocycles. The molecule has 0 fully saturated rings. The molecule has 0 spiro atoms. The fourth-order valence-corrected chi connectivity index (χ4v) is 1.85. The lowest BCUT2D eigenvalue weighted by Gasteiger charge is -2.03. The van der Waals surface area contributed by atoms with E-state index < -0.39 is 0 Å². The van der Waals surface area contributed by atoms with E-state index in [2.05, 4.69) is 17.4 Å². The standard InChI is InChI=1S/C15H18N2O2/c16-10-14-9-13(11-19-14)15(18)17-8-4-7-12-5-2-1-3-6-12/h1-3,5-6,9,11H,4,7-8,10,16H2,(H,17,18). The molecule has 0 bridgehead atoms. The van der Waals surface area contributed by atoms with Crippen LogP contribution in [0, 0.1) is 0 Å². The highest BCUT2D eigenvalue weighted by Gasteiger charge is 2.08. The molecule has 0 aliphatic carbocycles. The predicted molar refractivity (Wildman–Crippen MR) is 73.7 cm³/mol. The van der Waals surface area contributed by atoms with Gasteiger partial charge in [-0.25, -0.2) is 0 Å². The van der Waals surface area contributed by atoms with Gasteiger partial charge < -0.3 is 15.5 Å². The number of hydrogen-bond acceptors (Lipinski definition) is 3. The van der Waals surface area contributed by atoms with Crippen LogP contribution in [0.1, 0.15) is 28.1 Å². The Hall–Kier alpha value is -2.07. The minimum Gasteiger partial charge on any atom is -0.467 e. The third-order valence-electron chi connectivity index (χ3n) is 2.89. The van der Waals surface area contributed by atoms with Gasteiger partial charge in [0.1, 0.15) is 12.0 Å². The van der Waals surface area contributed by atoms with Gasteiger partial charge in [0.15, 0.2) is 0 Å². The van der Waals surface area contributed by atoms with Gasteiger partial charge in [0.05, 0.1) is 12.1 Å². The van der Waals surface area contributed by atoms with E-state index in [-0.39, 0.29) is 5.91 Å². The fourth-order valence-electron chi connectivity index (χ4n) is 1.85. The van der Waals surface area contributed by atoms with E-state index in [1.165, 1.54) is 11.8 Å². The topological polar surface area (TPSA) is 68.3 Å². The highest BCUT2D eigenvalue weighted by molar-refractivity contribution is 5.93. The molecule has 0 saturated carbocycles. The number of benzene rings is 1. The summed E-state index contributed by atoms with van der Waals surface area (Å²) in [7, 11) is 0. The minimum atomic E-state index is -0.114. The summed E-state index contributed by atoms with van der Waals surface area (Å²) in [5.74, 6) is 0.506. The molecule has 2 aromatic rings. The highest BCUT2D eigenvalue weighted by atomic mass is 16.3. The summed E-state index contributed by atoms with van der Waals surface area (Å²) in [4.78, 5) is 11.8. The van der Waals surface area contributed by atoms with Crippen molar-refractivity contribution in [2.75, 3.05) is 6.54 Å². The van der Waals surface area contributed by atoms with Crippen LogP contribution in [0.15, 0.2) is 47.1 Å². The van der Waals surface area contributed by atoms with E-state index in [0.717, 1.165) is 12.8 Å². The summed E-state index contributed by atoms with van der Waals surface area (Å²) >= 11 is 0. The molecule has 19 heavy (non-hydrogen) atoms. The molecule has 1 aromatic carbocycles. The number of carbonyl (C=O) groups is 1. The van der Waals surface area contributed by atoms with Gasteiger partial charge in [0.2, 0.25) is 0 Å². The molecule has 0 atom stereocenters. The maximum atomic E-state index is 11.8. The SMILES string of the molecule is NCc1cc(C(=O)NCCCc2ccccc2)co1. The van der Waals surface area contributed by atoms with Crippen molar-refractivity contribution in [1.29, 1.82) is 0 Å². The molecular weight excluding hydrogens is 240 g/mol. The average molecular weight is 258 g/mol. The maximum absolute atomic E-state index is 11.8. The van der Waals surface area contributed by atoms with Crippen molar-refractivity contribution in [3.63, 3.8) is 0 Å². The van der Waals surface area contributed by atoms with Crippen LogP contribution >= 0.6 is 0 Å². The van der Waals surface area contributed by atoms with Crippen molar-refractivity contribution >= 4 is 5.91 Å². The number of rotatable bonds is 6. The van der Waals surface area contributed by atoms with E-state index in [0.29, 0.717) is 24.4 Å². The van der Waals surface area contributed by atoms with E-state index in [9.17, 15) is 4.79 Å². The van der Waals surface area contributed by atoms with Gasteiger partial charge in [-0.05, 0) is 24.5 Å². The third-order valence-corrected chi connectivity index (χ3v) is 2.89. The van der Waals surface area contributed by atoms with Gasteiger partial charge >= 0.3 is 0 Å². The number of nitrogens with two attached hydrogens (primary N) is 1. The second-order valence-corrected chi connectivity index (χ2v) is 4.35. The van der Waals surface area contributed by atoms with Crippen molar-refractivity contribution in [1.82, 2.24) is 5.32 Å². The van der Waals surface area contributed by atoms with Crippen molar-refractivity contribution in [3.8, 4) is 0 Å². The average Bonchev–Trinajstić information content (AvgIpc) is 2.93. The lowest BCUT2D eigenvalue weighted by Crippen LogP contribution is -2.24. The molecule has 4 heteroatoms. The summed E-state index contributed by atoms with van der Waals surface area (Å²) in [5, 5.41) is 2.87. The Bertz CT molecular complexity index is 520. The molecule has 0 aliphatic heterocycles. The second-order valence-electron chi connectivity index (χ2n) is 4.35. The van der Waals surface area contributed by atoms with Crippen molar-refractivity contribution in [3.05, 3.63) is 59.5 Å². The van der Waals surface area contributed by atoms with E-state index in [1.54, 1.807) is 6.07 Å². The monoisotopic (exact) mass is 258 g/mol. The van der Waals surface area contributed by atoms with Gasteiger partial charge in [0, 0.05) is 6.54 Å². The van der Waals surface area contributed by atoms with Crippen molar-refractivity contribution < 1.29 is 9.21 Å². The van der Waals surface area contributed by atoms with Gasteiger partial charge in [-0.2, -0.15) is 0 Å². The first-order valence-electron chi connectivity index (χ1n) is 6.39. The Morgan fingerprint density at radius 1 is 1.26 bits per heavy atom. The van der Waals surface area contributed by atoms with Crippen LogP contribution in [0.25, 0.3) is 0 Å². The molecular formula is C15H18N2O2. The Morgan fingerprint density at radius 3 is 2.74 bits per heavy atom. The third kappa shape index (κ3) is 3.96. The van der Waals surface area contributed by atoms with Crippen LogP contribution in [-0.2, 0) is 13.0 Å². The van der Waals surface area contributed by atoms with E-state index in [4.69, 9.17) is 10.2 Å². The summed E-state index contributed by atoms with van der Waals surface area (Å²) < 4.78 is 5.12. The molecule has 2 rings (SSSR count). The van der Waals surface area contributed by atoms with Crippen LogP contribution in [0.4, 0.5) is 0 Å². The summed E-state index contributed by atoms with van der Waals surface area (Å²) in [6.45, 7) is 0.957. The quantitative estimate of drug-likeness (QED) is 0.780. The summed E-state index contributed by atoms with van der Waals surface area (Å²) in [6, 6.07) is 11.9. The lowest BCUT2D eigenvalue weighted by molar-refractivity contribution is 0.0952. The number of amides is 1. The van der Waals surface area contributed by atoms with Gasteiger partial charge in [0.25, 0.3) is 5.91 Å². The molecule has 0 saturated heterocycles. The Morgan fingerprint density at radius 2 is 2.05 bits per heavy atom. The van der Waals surface area contributed by atoms with Gasteiger partial charge in [-0.1, -0.05) is 30.3 Å². The number of carbonyl (C=O) groups excluding carboxylic acids is 1. The molecule has 3 N–H and O–H groups in total. The Labute approximate surface area is 112 Å². The first-order valence-corrected chi connectivity index (χ1v) is 6.39. The minimum absolute atomic E-state index is 0.114. The van der Waals surface area contributed by atoms with Crippen LogP contribution in [0.5, 0.6) is 0 Å². The van der Waals surface area contributed by atoms with E-state index >= 15 is 0 Å². The summed E-state index contributed by atoms with van der Waals surface area (Å²) in [6.07, 6.45) is 3.31. The maximum Gasteiger partial charge on any atom is 0.254 e. The predicted octanol–water partition coefficient (Wildman–Crippen LogP) is 2.10. The zero-order chi connectivity index (χ0) is 13.5. The van der Waals surface area contributed by atoms with Crippen molar-refractivity contribution in [2.45, 2.75) is 19.4 Å². The highest BCUT2D eigenvalue weighted by Crippen LogP contribution is 2.07. The van der Waals surface area contributed by atoms with Gasteiger partial charge in [-0.15, -0.1) is 0 Å². The summed E-state index contributed by atoms with van der Waals surface area (Å²) in [5.41, 5.74) is 7.23. The number of hydrogen-bond donors (Lipinski definition) is 2.